The molecule has 0 heterocycles. The third-order valence-electron chi connectivity index (χ3n) is 5.82. The molecule has 10 N–H and O–H groups in total. The van der Waals surface area contributed by atoms with E-state index in [-0.39, 0.29) is 98.9 Å². The van der Waals surface area contributed by atoms with E-state index in [9.17, 15) is 5.11 Å². The molecule has 4 unspecified atom stereocenters. The Bertz CT molecular complexity index is 559. The third kappa shape index (κ3) is 43.3. The summed E-state index contributed by atoms with van der Waals surface area (Å²) < 4.78 is 36.9. The van der Waals surface area contributed by atoms with Gasteiger partial charge in [-0.05, 0) is 12.8 Å². The van der Waals surface area contributed by atoms with Gasteiger partial charge in [0.15, 0.2) is 6.29 Å². The first-order chi connectivity index (χ1) is 22.9. The molecule has 0 aromatic rings. The molecule has 0 aliphatic carbocycles. The maximum Gasteiger partial charge on any atom is 0.156 e. The fourth-order valence-corrected chi connectivity index (χ4v) is 2.91. The van der Waals surface area contributed by atoms with Crippen molar-refractivity contribution in [3.05, 3.63) is 42.7 Å². The van der Waals surface area contributed by atoms with E-state index in [1.807, 2.05) is 0 Å². The Morgan fingerprint density at radius 3 is 1.04 bits per heavy atom. The van der Waals surface area contributed by atoms with Gasteiger partial charge in [-0.1, -0.05) is 0 Å². The van der Waals surface area contributed by atoms with Gasteiger partial charge in [0.2, 0.25) is 0 Å². The number of aliphatic hydroxyl groups is 10. The minimum Gasteiger partial charge on any atom is -0.554 e. The van der Waals surface area contributed by atoms with Gasteiger partial charge in [0.25, 0.3) is 0 Å². The summed E-state index contributed by atoms with van der Waals surface area (Å²) in [4.78, 5) is 0. The predicted molar refractivity (Wildman–Crippen MR) is 170 cm³/mol. The van der Waals surface area contributed by atoms with Crippen LogP contribution in [-0.4, -0.2) is 175 Å². The van der Waals surface area contributed by atoms with Gasteiger partial charge < -0.3 is 89.0 Å². The maximum absolute atomic E-state index is 9.17. The standard InChI is InChI=1S/C9H19O5.C7H15O5.2C7H14O4.6Rf/c1-13-6-9(12)3-5-14-7-8(11)2-4-10;1-11-4-6(9)5-12-7(10)2-3-8;2*1-10-5-7(3-8,4-9)6-11-2;;;;;;/h8-12H,1-7H2;6-10H,1-5H2;2*8-9H,1-6H2;;;;;;/q2*-1;2*-2;;;;;;. The van der Waals surface area contributed by atoms with Crippen LogP contribution in [-0.2, 0) is 37.9 Å². The minimum atomic E-state index is -1.03. The molecule has 4 atom stereocenters. The van der Waals surface area contributed by atoms with E-state index in [2.05, 4.69) is 71.1 Å². The number of ether oxygens (including phenoxy) is 8. The van der Waals surface area contributed by atoms with Gasteiger partial charge in [0, 0.05) is 65.9 Å². The third-order valence-corrected chi connectivity index (χ3v) is 5.82. The van der Waals surface area contributed by atoms with E-state index in [1.54, 1.807) is 0 Å². The van der Waals surface area contributed by atoms with Crippen molar-refractivity contribution in [2.24, 2.45) is 10.8 Å². The van der Waals surface area contributed by atoms with Crippen LogP contribution in [0.2, 0.25) is 0 Å². The second kappa shape index (κ2) is 50.7. The fraction of sp³-hybridized carbons (Fsp3) is 0.800. The van der Waals surface area contributed by atoms with Gasteiger partial charge in [0.1, 0.15) is 0 Å². The van der Waals surface area contributed by atoms with E-state index < -0.39 is 35.4 Å². The van der Waals surface area contributed by atoms with Crippen LogP contribution in [0, 0.1) is 53.5 Å². The van der Waals surface area contributed by atoms with Crippen LogP contribution in [0.1, 0.15) is 19.3 Å². The molecule has 0 spiro atoms. The zero-order valence-electron chi connectivity index (χ0n) is 32.3. The van der Waals surface area contributed by atoms with Crippen LogP contribution in [0.25, 0.3) is 0 Å². The largest absolute Gasteiger partial charge is 0.554 e. The summed E-state index contributed by atoms with van der Waals surface area (Å²) in [5, 5.41) is 88.5. The molecule has 0 amide bonds. The van der Waals surface area contributed by atoms with Gasteiger partial charge in [-0.3, -0.25) is 0 Å². The molecule has 18 nitrogen and oxygen atoms in total. The Kier molecular flexibility index (Phi) is 68.4. The van der Waals surface area contributed by atoms with Gasteiger partial charge in [0.05, 0.1) is 68.8 Å². The van der Waals surface area contributed by atoms with E-state index in [1.165, 1.54) is 0 Å². The molecular formula is C30H62O18Rf6-6. The Labute approximate surface area is 285 Å². The molecule has 0 rings (SSSR count). The summed E-state index contributed by atoms with van der Waals surface area (Å²) in [5.74, 6) is 0. The van der Waals surface area contributed by atoms with Crippen LogP contribution < -0.4 is 0 Å². The maximum atomic E-state index is 9.17. The minimum absolute atomic E-state index is 0. The normalized spacial score (nSPS) is 12.4. The Balaban J connectivity index is -0.0000000579. The van der Waals surface area contributed by atoms with Crippen molar-refractivity contribution in [3.8, 4) is 0 Å². The van der Waals surface area contributed by atoms with Crippen LogP contribution >= 0.6 is 0 Å². The van der Waals surface area contributed by atoms with Crippen LogP contribution in [0.3, 0.4) is 0 Å². The second-order valence-electron chi connectivity index (χ2n) is 10.4. The summed E-state index contributed by atoms with van der Waals surface area (Å²) in [7, 11) is 18.8. The van der Waals surface area contributed by atoms with Gasteiger partial charge >= 0.3 is 0 Å². The van der Waals surface area contributed by atoms with Crippen molar-refractivity contribution in [1.29, 1.82) is 0 Å². The Morgan fingerprint density at radius 1 is 0.407 bits per heavy atom. The van der Waals surface area contributed by atoms with E-state index in [0.717, 1.165) is 0 Å². The van der Waals surface area contributed by atoms with Gasteiger partial charge in [-0.2, -0.15) is 0 Å². The van der Waals surface area contributed by atoms with E-state index in [0.29, 0.717) is 19.4 Å². The molecular weight excluding hydrogens is 2250 g/mol. The number of rotatable bonds is 28. The van der Waals surface area contributed by atoms with E-state index >= 15 is 0 Å². The molecule has 0 aliphatic heterocycles. The summed E-state index contributed by atoms with van der Waals surface area (Å²) in [6.45, 7) is 0.282. The molecule has 0 aliphatic rings. The zero-order valence-corrected chi connectivity index (χ0v) is 70.7. The van der Waals surface area contributed by atoms with E-state index in [4.69, 9.17) is 55.4 Å². The zero-order chi connectivity index (χ0) is 37.7. The van der Waals surface area contributed by atoms with Crippen molar-refractivity contribution in [2.45, 2.75) is 43.9 Å². The quantitative estimate of drug-likeness (QED) is 0.0217. The second-order valence-corrected chi connectivity index (χ2v) is 10.4. The first-order valence-electron chi connectivity index (χ1n) is 14.7. The average molecular weight is 2310 g/mol. The molecule has 0 fully saturated rings. The monoisotopic (exact) mass is 2310 g/mol. The van der Waals surface area contributed by atoms with Crippen molar-refractivity contribution < 1.29 is 89.0 Å². The number of hydrogen-bond donors (Lipinski definition) is 10. The number of aliphatic hydroxyl groups excluding tert-OH is 10. The summed E-state index contributed by atoms with van der Waals surface area (Å²) >= 11 is 0. The molecule has 54 heavy (non-hydrogen) atoms. The molecule has 308 valence electrons. The molecule has 0 bridgehead atoms. The molecule has 0 radical (unpaired) electrons. The predicted octanol–water partition coefficient (Wildman–Crippen LogP) is -2.67. The molecule has 0 saturated carbocycles. The summed E-state index contributed by atoms with van der Waals surface area (Å²) in [5.41, 5.74) is -1.55. The van der Waals surface area contributed by atoms with Crippen molar-refractivity contribution in [1.82, 2.24) is 0 Å². The number of hydrogen-bond acceptors (Lipinski definition) is 18. The van der Waals surface area contributed by atoms with Crippen molar-refractivity contribution >= 4 is 0 Å². The Hall–Kier alpha value is -6.72. The van der Waals surface area contributed by atoms with Crippen molar-refractivity contribution in [2.75, 3.05) is 99.1 Å². The molecule has 24 heteroatoms. The van der Waals surface area contributed by atoms with Crippen molar-refractivity contribution in [3.63, 3.8) is 0 Å². The van der Waals surface area contributed by atoms with Crippen LogP contribution in [0.15, 0.2) is 0 Å². The smallest absolute Gasteiger partial charge is 0.156 e. The first-order valence-corrected chi connectivity index (χ1v) is 14.7. The van der Waals surface area contributed by atoms with Crippen LogP contribution in [0.5, 0.6) is 0 Å². The molecule has 0 saturated heterocycles. The fourth-order valence-electron chi connectivity index (χ4n) is 2.91. The average Bonchev–Trinajstić information content (AvgIpc) is 3.07. The SMILES string of the molecule is [CH2-]OCC(CO)(CO)CO[CH2-].[CH2-]OCC(CO)(CO)CO[CH2-].[CH2-]OCC(O)CCOCC(O)CCO.[CH2-]OCC(O)COC(O)CCO.[Rf].[Rf].[Rf].[Rf].[Rf].[Rf]. The van der Waals surface area contributed by atoms with Gasteiger partial charge in [-0.25, -0.2) is 42.7 Å². The first kappa shape index (κ1) is 72.9. The Morgan fingerprint density at radius 2 is 0.741 bits per heavy atom. The summed E-state index contributed by atoms with van der Waals surface area (Å²) in [6, 6.07) is 0. The topological polar surface area (TPSA) is 276 Å². The van der Waals surface area contributed by atoms with Crippen LogP contribution in [0.4, 0.5) is 0 Å². The summed E-state index contributed by atoms with van der Waals surface area (Å²) in [6.07, 6.45) is -2.15. The van der Waals surface area contributed by atoms with Gasteiger partial charge in [-0.15, -0.1) is 0 Å². The molecule has 0 aromatic carbocycles. The molecule has 0 aromatic heterocycles.